The third-order valence-electron chi connectivity index (χ3n) is 7.05. The summed E-state index contributed by atoms with van der Waals surface area (Å²) in [4.78, 5) is 34.9. The lowest BCUT2D eigenvalue weighted by Gasteiger charge is -2.25. The van der Waals surface area contributed by atoms with Crippen molar-refractivity contribution < 1.29 is 37.4 Å². The quantitative estimate of drug-likeness (QED) is 0.196. The maximum Gasteiger partial charge on any atom is 0.376 e. The Morgan fingerprint density at radius 2 is 1.56 bits per heavy atom. The average molecular weight is 459 g/mol. The van der Waals surface area contributed by atoms with E-state index >= 15 is 0 Å². The number of alkyl halides is 2. The van der Waals surface area contributed by atoms with Crippen molar-refractivity contribution in [2.75, 3.05) is 6.61 Å². The lowest BCUT2D eigenvalue weighted by atomic mass is 9.88. The largest absolute Gasteiger partial charge is 0.461 e. The van der Waals surface area contributed by atoms with Crippen molar-refractivity contribution in [2.24, 2.45) is 17.8 Å². The summed E-state index contributed by atoms with van der Waals surface area (Å²) < 4.78 is 40.9. The molecule has 1 saturated heterocycles. The molecule has 3 rings (SSSR count). The van der Waals surface area contributed by atoms with Crippen LogP contribution in [-0.4, -0.2) is 42.6 Å². The van der Waals surface area contributed by atoms with Gasteiger partial charge in [-0.3, -0.25) is 9.59 Å². The van der Waals surface area contributed by atoms with Crippen molar-refractivity contribution >= 4 is 17.9 Å². The first-order chi connectivity index (χ1) is 15.3. The van der Waals surface area contributed by atoms with Gasteiger partial charge in [0.2, 0.25) is 0 Å². The number of fused-ring (bicyclic) bond motifs is 1. The SMILES string of the molecule is CC(F)(F)C(=O)OCCCCCCCCCCCCC(=O)OC1C2CC3C(=O)OC1C3C2. The predicted molar refractivity (Wildman–Crippen MR) is 112 cm³/mol. The van der Waals surface area contributed by atoms with Crippen molar-refractivity contribution in [2.45, 2.75) is 109 Å². The molecule has 0 aromatic rings. The molecule has 0 radical (unpaired) electrons. The molecular weight excluding hydrogens is 422 g/mol. The van der Waals surface area contributed by atoms with Gasteiger partial charge in [0.15, 0.2) is 0 Å². The molecule has 182 valence electrons. The van der Waals surface area contributed by atoms with E-state index in [4.69, 9.17) is 9.47 Å². The third-order valence-corrected chi connectivity index (χ3v) is 7.05. The second-order valence-electron chi connectivity index (χ2n) is 9.67. The van der Waals surface area contributed by atoms with E-state index in [1.807, 2.05) is 0 Å². The van der Waals surface area contributed by atoms with E-state index in [9.17, 15) is 23.2 Å². The molecule has 1 heterocycles. The van der Waals surface area contributed by atoms with Crippen LogP contribution in [-0.2, 0) is 28.6 Å². The Balaban J connectivity index is 1.09. The fourth-order valence-electron chi connectivity index (χ4n) is 5.35. The summed E-state index contributed by atoms with van der Waals surface area (Å²) in [6, 6.07) is 0. The van der Waals surface area contributed by atoms with Gasteiger partial charge >= 0.3 is 23.8 Å². The first-order valence-corrected chi connectivity index (χ1v) is 12.2. The Bertz CT molecular complexity index is 661. The number of esters is 3. The van der Waals surface area contributed by atoms with Crippen molar-refractivity contribution in [3.63, 3.8) is 0 Å². The Kier molecular flexibility index (Phi) is 8.88. The summed E-state index contributed by atoms with van der Waals surface area (Å²) in [5, 5.41) is 0. The van der Waals surface area contributed by atoms with Crippen LogP contribution in [0.5, 0.6) is 0 Å². The fraction of sp³-hybridized carbons (Fsp3) is 0.875. The topological polar surface area (TPSA) is 78.9 Å². The van der Waals surface area contributed by atoms with Crippen molar-refractivity contribution in [1.29, 1.82) is 0 Å². The lowest BCUT2D eigenvalue weighted by molar-refractivity contribution is -0.169. The summed E-state index contributed by atoms with van der Waals surface area (Å²) in [5.41, 5.74) is 0. The molecule has 0 amide bonds. The monoisotopic (exact) mass is 458 g/mol. The van der Waals surface area contributed by atoms with E-state index in [1.165, 1.54) is 0 Å². The minimum absolute atomic E-state index is 0.0429. The average Bonchev–Trinajstić information content (AvgIpc) is 3.35. The van der Waals surface area contributed by atoms with Crippen LogP contribution in [0.3, 0.4) is 0 Å². The van der Waals surface area contributed by atoms with E-state index in [1.54, 1.807) is 0 Å². The molecular formula is C24H36F2O6. The van der Waals surface area contributed by atoms with Crippen molar-refractivity contribution in [1.82, 2.24) is 0 Å². The third kappa shape index (κ3) is 6.64. The van der Waals surface area contributed by atoms with Crippen LogP contribution >= 0.6 is 0 Å². The Labute approximate surface area is 188 Å². The summed E-state index contributed by atoms with van der Waals surface area (Å²) in [6.07, 6.45) is 11.6. The number of hydrogen-bond donors (Lipinski definition) is 0. The molecule has 6 nitrogen and oxygen atoms in total. The highest BCUT2D eigenvalue weighted by Crippen LogP contribution is 2.55. The molecule has 1 aliphatic heterocycles. The normalized spacial score (nSPS) is 28.1. The zero-order valence-electron chi connectivity index (χ0n) is 19.0. The van der Waals surface area contributed by atoms with Crippen molar-refractivity contribution in [3.05, 3.63) is 0 Å². The summed E-state index contributed by atoms with van der Waals surface area (Å²) in [7, 11) is 0. The van der Waals surface area contributed by atoms with Crippen LogP contribution in [0.4, 0.5) is 8.78 Å². The molecule has 3 aliphatic rings. The van der Waals surface area contributed by atoms with E-state index < -0.39 is 11.9 Å². The highest BCUT2D eigenvalue weighted by Gasteiger charge is 2.63. The number of rotatable bonds is 15. The molecule has 3 fully saturated rings. The zero-order valence-corrected chi connectivity index (χ0v) is 19.0. The molecule has 2 saturated carbocycles. The van der Waals surface area contributed by atoms with Crippen LogP contribution in [0.25, 0.3) is 0 Å². The number of halogens is 2. The van der Waals surface area contributed by atoms with Crippen LogP contribution in [0, 0.1) is 17.8 Å². The molecule has 5 atom stereocenters. The zero-order chi connectivity index (χ0) is 23.1. The van der Waals surface area contributed by atoms with Crippen LogP contribution in [0.1, 0.15) is 90.4 Å². The van der Waals surface area contributed by atoms with Gasteiger partial charge in [-0.05, 0) is 25.7 Å². The van der Waals surface area contributed by atoms with Gasteiger partial charge < -0.3 is 14.2 Å². The van der Waals surface area contributed by atoms with E-state index in [0.717, 1.165) is 70.6 Å². The molecule has 0 aromatic heterocycles. The standard InChI is InChI=1S/C24H36F2O6/c1-24(25,26)23(29)30-13-11-9-7-5-3-2-4-6-8-10-12-19(27)31-20-16-14-17-18(15-16)22(28)32-21(17)20/h16-18,20-21H,2-15H2,1H3. The summed E-state index contributed by atoms with van der Waals surface area (Å²) in [5.74, 6) is -4.54. The minimum atomic E-state index is -3.41. The number of hydrogen-bond acceptors (Lipinski definition) is 6. The van der Waals surface area contributed by atoms with Crippen LogP contribution in [0.2, 0.25) is 0 Å². The lowest BCUT2D eigenvalue weighted by Crippen LogP contribution is -2.35. The van der Waals surface area contributed by atoms with E-state index in [2.05, 4.69) is 4.74 Å². The van der Waals surface area contributed by atoms with Gasteiger partial charge in [-0.1, -0.05) is 51.4 Å². The number of carbonyl (C=O) groups excluding carboxylic acids is 3. The summed E-state index contributed by atoms with van der Waals surface area (Å²) in [6.45, 7) is 0.599. The van der Waals surface area contributed by atoms with Gasteiger partial charge in [-0.25, -0.2) is 4.79 Å². The van der Waals surface area contributed by atoms with Crippen LogP contribution in [0.15, 0.2) is 0 Å². The van der Waals surface area contributed by atoms with E-state index in [0.29, 0.717) is 25.7 Å². The molecule has 0 N–H and O–H groups in total. The van der Waals surface area contributed by atoms with E-state index in [-0.39, 0.29) is 42.6 Å². The maximum absolute atomic E-state index is 12.6. The summed E-state index contributed by atoms with van der Waals surface area (Å²) >= 11 is 0. The minimum Gasteiger partial charge on any atom is -0.461 e. The van der Waals surface area contributed by atoms with Gasteiger partial charge in [0.1, 0.15) is 12.2 Å². The molecule has 0 spiro atoms. The molecule has 32 heavy (non-hydrogen) atoms. The fourth-order valence-corrected chi connectivity index (χ4v) is 5.35. The highest BCUT2D eigenvalue weighted by molar-refractivity contribution is 5.77. The second-order valence-corrected chi connectivity index (χ2v) is 9.67. The first kappa shape index (κ1) is 24.9. The van der Waals surface area contributed by atoms with Gasteiger partial charge in [0, 0.05) is 25.2 Å². The van der Waals surface area contributed by atoms with Gasteiger partial charge in [-0.15, -0.1) is 0 Å². The molecule has 0 aromatic carbocycles. The maximum atomic E-state index is 12.6. The Morgan fingerprint density at radius 1 is 0.969 bits per heavy atom. The molecule has 5 unspecified atom stereocenters. The second kappa shape index (κ2) is 11.4. The van der Waals surface area contributed by atoms with Gasteiger partial charge in [-0.2, -0.15) is 8.78 Å². The first-order valence-electron chi connectivity index (χ1n) is 12.2. The number of carbonyl (C=O) groups is 3. The van der Waals surface area contributed by atoms with Gasteiger partial charge in [0.25, 0.3) is 0 Å². The van der Waals surface area contributed by atoms with Gasteiger partial charge in [0.05, 0.1) is 12.5 Å². The Hall–Kier alpha value is -1.73. The predicted octanol–water partition coefficient (Wildman–Crippen LogP) is 4.97. The van der Waals surface area contributed by atoms with Crippen LogP contribution < -0.4 is 0 Å². The Morgan fingerprint density at radius 3 is 2.19 bits per heavy atom. The van der Waals surface area contributed by atoms with Crippen molar-refractivity contribution in [3.8, 4) is 0 Å². The molecule has 8 heteroatoms. The molecule has 2 aliphatic carbocycles. The molecule has 2 bridgehead atoms. The smallest absolute Gasteiger partial charge is 0.376 e. The highest BCUT2D eigenvalue weighted by atomic mass is 19.3. The number of unbranched alkanes of at least 4 members (excludes halogenated alkanes) is 9. The number of ether oxygens (including phenoxy) is 3.